The summed E-state index contributed by atoms with van der Waals surface area (Å²) in [5, 5.41) is 8.38. The van der Waals surface area contributed by atoms with Gasteiger partial charge in [0.15, 0.2) is 5.65 Å². The number of nitrogens with zero attached hydrogens (tertiary/aromatic N) is 4. The standard InChI is InChI=1S/C19H16ClN5O/c20-16-9-17(25-18(24-16)15(11-23-25)13-5-6-13)22-10-12-1-3-14(4-2-12)19-21-7-8-26-19/h1-4,7-9,11,13,22H,5-6,10H2. The van der Waals surface area contributed by atoms with Gasteiger partial charge in [-0.05, 0) is 36.5 Å². The number of halogens is 1. The number of oxazole rings is 1. The molecule has 0 bridgehead atoms. The van der Waals surface area contributed by atoms with Crippen LogP contribution >= 0.6 is 11.6 Å². The minimum absolute atomic E-state index is 0.474. The second kappa shape index (κ2) is 6.14. The maximum Gasteiger partial charge on any atom is 0.225 e. The zero-order valence-electron chi connectivity index (χ0n) is 13.9. The van der Waals surface area contributed by atoms with Crippen molar-refractivity contribution in [3.05, 3.63) is 65.3 Å². The van der Waals surface area contributed by atoms with Crippen LogP contribution in [0.25, 0.3) is 17.1 Å². The molecular weight excluding hydrogens is 350 g/mol. The van der Waals surface area contributed by atoms with E-state index in [1.165, 1.54) is 18.4 Å². The predicted octanol–water partition coefficient (Wildman–Crippen LogP) is 4.53. The molecule has 1 fully saturated rings. The lowest BCUT2D eigenvalue weighted by Gasteiger charge is -2.09. The van der Waals surface area contributed by atoms with Crippen LogP contribution in [0, 0.1) is 0 Å². The van der Waals surface area contributed by atoms with E-state index in [0.717, 1.165) is 22.6 Å². The highest BCUT2D eigenvalue weighted by Crippen LogP contribution is 2.42. The summed E-state index contributed by atoms with van der Waals surface area (Å²) in [6, 6.07) is 9.89. The fourth-order valence-electron chi connectivity index (χ4n) is 3.08. The van der Waals surface area contributed by atoms with Crippen molar-refractivity contribution in [1.29, 1.82) is 0 Å². The van der Waals surface area contributed by atoms with E-state index in [1.807, 2.05) is 35.0 Å². The van der Waals surface area contributed by atoms with Crippen molar-refractivity contribution in [2.45, 2.75) is 25.3 Å². The molecule has 0 saturated heterocycles. The highest BCUT2D eigenvalue weighted by atomic mass is 35.5. The molecule has 1 N–H and O–H groups in total. The lowest BCUT2D eigenvalue weighted by atomic mass is 10.1. The van der Waals surface area contributed by atoms with E-state index in [9.17, 15) is 0 Å². The van der Waals surface area contributed by atoms with E-state index in [1.54, 1.807) is 18.5 Å². The molecule has 3 aromatic heterocycles. The van der Waals surface area contributed by atoms with Crippen molar-refractivity contribution in [3.8, 4) is 11.5 Å². The molecule has 1 aliphatic rings. The largest absolute Gasteiger partial charge is 0.445 e. The molecule has 4 aromatic rings. The summed E-state index contributed by atoms with van der Waals surface area (Å²) < 4.78 is 7.15. The van der Waals surface area contributed by atoms with Crippen LogP contribution in [0.3, 0.4) is 0 Å². The molecule has 1 saturated carbocycles. The normalized spacial score (nSPS) is 14.0. The Morgan fingerprint density at radius 2 is 2.08 bits per heavy atom. The SMILES string of the molecule is Clc1cc(NCc2ccc(-c3ncco3)cc2)n2ncc(C3CC3)c2n1. The first-order chi connectivity index (χ1) is 12.8. The molecule has 0 atom stereocenters. The second-order valence-corrected chi connectivity index (χ2v) is 6.85. The minimum Gasteiger partial charge on any atom is -0.445 e. The molecule has 6 nitrogen and oxygen atoms in total. The van der Waals surface area contributed by atoms with Gasteiger partial charge in [-0.25, -0.2) is 9.97 Å². The number of rotatable bonds is 5. The van der Waals surface area contributed by atoms with Gasteiger partial charge < -0.3 is 9.73 Å². The third-order valence-corrected chi connectivity index (χ3v) is 4.79. The summed E-state index contributed by atoms with van der Waals surface area (Å²) in [6.07, 6.45) is 7.53. The van der Waals surface area contributed by atoms with Crippen molar-refractivity contribution < 1.29 is 4.42 Å². The highest BCUT2D eigenvalue weighted by molar-refractivity contribution is 6.29. The third-order valence-electron chi connectivity index (χ3n) is 4.59. The second-order valence-electron chi connectivity index (χ2n) is 6.46. The molecule has 130 valence electrons. The Morgan fingerprint density at radius 3 is 2.81 bits per heavy atom. The molecule has 0 amide bonds. The van der Waals surface area contributed by atoms with Gasteiger partial charge >= 0.3 is 0 Å². The molecule has 26 heavy (non-hydrogen) atoms. The van der Waals surface area contributed by atoms with Gasteiger partial charge in [-0.1, -0.05) is 23.7 Å². The van der Waals surface area contributed by atoms with Gasteiger partial charge in [0.1, 0.15) is 17.2 Å². The Kier molecular flexibility index (Phi) is 3.64. The minimum atomic E-state index is 0.474. The predicted molar refractivity (Wildman–Crippen MR) is 99.2 cm³/mol. The first-order valence-corrected chi connectivity index (χ1v) is 8.92. The van der Waals surface area contributed by atoms with Gasteiger partial charge in [-0.15, -0.1) is 0 Å². The zero-order chi connectivity index (χ0) is 17.5. The Morgan fingerprint density at radius 1 is 1.23 bits per heavy atom. The molecule has 0 radical (unpaired) electrons. The molecule has 0 spiro atoms. The lowest BCUT2D eigenvalue weighted by Crippen LogP contribution is -2.06. The third kappa shape index (κ3) is 2.82. The van der Waals surface area contributed by atoms with Gasteiger partial charge in [0, 0.05) is 23.7 Å². The molecule has 0 unspecified atom stereocenters. The quantitative estimate of drug-likeness (QED) is 0.526. The van der Waals surface area contributed by atoms with Crippen LogP contribution in [-0.4, -0.2) is 19.6 Å². The smallest absolute Gasteiger partial charge is 0.225 e. The van der Waals surface area contributed by atoms with Crippen LogP contribution in [-0.2, 0) is 6.54 Å². The number of nitrogens with one attached hydrogen (secondary N) is 1. The fourth-order valence-corrected chi connectivity index (χ4v) is 3.27. The first-order valence-electron chi connectivity index (χ1n) is 8.55. The maximum atomic E-state index is 6.23. The van der Waals surface area contributed by atoms with E-state index < -0.39 is 0 Å². The number of benzene rings is 1. The highest BCUT2D eigenvalue weighted by Gasteiger charge is 2.28. The molecular formula is C19H16ClN5O. The van der Waals surface area contributed by atoms with E-state index >= 15 is 0 Å². The van der Waals surface area contributed by atoms with Crippen LogP contribution in [0.1, 0.15) is 29.9 Å². The molecule has 3 heterocycles. The number of fused-ring (bicyclic) bond motifs is 1. The van der Waals surface area contributed by atoms with Crippen LogP contribution < -0.4 is 5.32 Å². The van der Waals surface area contributed by atoms with Gasteiger partial charge in [0.25, 0.3) is 0 Å². The van der Waals surface area contributed by atoms with E-state index in [2.05, 4.69) is 20.4 Å². The Labute approximate surface area is 154 Å². The van der Waals surface area contributed by atoms with Crippen LogP contribution in [0.5, 0.6) is 0 Å². The number of aromatic nitrogens is 4. The van der Waals surface area contributed by atoms with E-state index in [0.29, 0.717) is 23.5 Å². The van der Waals surface area contributed by atoms with Crippen LogP contribution in [0.4, 0.5) is 5.82 Å². The molecule has 7 heteroatoms. The molecule has 1 aliphatic carbocycles. The summed E-state index contributed by atoms with van der Waals surface area (Å²) in [4.78, 5) is 8.62. The van der Waals surface area contributed by atoms with E-state index in [4.69, 9.17) is 16.0 Å². The Bertz CT molecular complexity index is 1050. The van der Waals surface area contributed by atoms with Gasteiger partial charge in [0.05, 0.1) is 12.4 Å². The monoisotopic (exact) mass is 365 g/mol. The number of hydrogen-bond donors (Lipinski definition) is 1. The summed E-state index contributed by atoms with van der Waals surface area (Å²) >= 11 is 6.23. The zero-order valence-corrected chi connectivity index (χ0v) is 14.6. The van der Waals surface area contributed by atoms with Crippen molar-refractivity contribution in [3.63, 3.8) is 0 Å². The summed E-state index contributed by atoms with van der Waals surface area (Å²) in [5.41, 5.74) is 4.12. The van der Waals surface area contributed by atoms with Crippen LogP contribution in [0.2, 0.25) is 5.15 Å². The average Bonchev–Trinajstić information content (AvgIpc) is 3.18. The van der Waals surface area contributed by atoms with Crippen molar-refractivity contribution in [2.24, 2.45) is 0 Å². The Hall–Kier alpha value is -2.86. The number of anilines is 1. The van der Waals surface area contributed by atoms with Crippen molar-refractivity contribution in [2.75, 3.05) is 5.32 Å². The number of hydrogen-bond acceptors (Lipinski definition) is 5. The van der Waals surface area contributed by atoms with E-state index in [-0.39, 0.29) is 0 Å². The van der Waals surface area contributed by atoms with Crippen LogP contribution in [0.15, 0.2) is 53.4 Å². The summed E-state index contributed by atoms with van der Waals surface area (Å²) in [7, 11) is 0. The first kappa shape index (κ1) is 15.4. The maximum absolute atomic E-state index is 6.23. The average molecular weight is 366 g/mol. The topological polar surface area (TPSA) is 68.2 Å². The van der Waals surface area contributed by atoms with Crippen molar-refractivity contribution in [1.82, 2.24) is 19.6 Å². The molecule has 1 aromatic carbocycles. The van der Waals surface area contributed by atoms with Gasteiger partial charge in [-0.2, -0.15) is 9.61 Å². The fraction of sp³-hybridized carbons (Fsp3) is 0.211. The van der Waals surface area contributed by atoms with Gasteiger partial charge in [0.2, 0.25) is 5.89 Å². The summed E-state index contributed by atoms with van der Waals surface area (Å²) in [5.74, 6) is 2.04. The summed E-state index contributed by atoms with van der Waals surface area (Å²) in [6.45, 7) is 0.653. The van der Waals surface area contributed by atoms with Crippen molar-refractivity contribution >= 4 is 23.1 Å². The molecule has 5 rings (SSSR count). The lowest BCUT2D eigenvalue weighted by molar-refractivity contribution is 0.574. The van der Waals surface area contributed by atoms with Gasteiger partial charge in [-0.3, -0.25) is 0 Å². The Balaban J connectivity index is 1.38. The molecule has 0 aliphatic heterocycles.